The van der Waals surface area contributed by atoms with Gasteiger partial charge in [0.05, 0.1) is 6.20 Å². The third kappa shape index (κ3) is 6.69. The number of likely N-dealkylation sites (N-methyl/N-ethyl adjacent to an activating group) is 1. The third-order valence-electron chi connectivity index (χ3n) is 6.44. The lowest BCUT2D eigenvalue weighted by atomic mass is 9.89. The van der Waals surface area contributed by atoms with Crippen molar-refractivity contribution in [2.45, 2.75) is 70.8 Å². The van der Waals surface area contributed by atoms with Crippen LogP contribution in [-0.4, -0.2) is 57.0 Å². The fourth-order valence-electron chi connectivity index (χ4n) is 4.35. The summed E-state index contributed by atoms with van der Waals surface area (Å²) in [6, 6.07) is 0. The Morgan fingerprint density at radius 3 is 2.66 bits per heavy atom. The molecule has 0 aromatic carbocycles. The lowest BCUT2D eigenvalue weighted by Gasteiger charge is -2.23. The summed E-state index contributed by atoms with van der Waals surface area (Å²) in [6.45, 7) is 2.28. The van der Waals surface area contributed by atoms with Gasteiger partial charge in [0.1, 0.15) is 5.70 Å². The number of aromatic nitrogens is 3. The summed E-state index contributed by atoms with van der Waals surface area (Å²) in [4.78, 5) is 24.4. The largest absolute Gasteiger partial charge is 0.350 e. The number of anilines is 1. The molecule has 176 valence electrons. The van der Waals surface area contributed by atoms with Gasteiger partial charge in [0.25, 0.3) is 5.91 Å². The van der Waals surface area contributed by atoms with Crippen molar-refractivity contribution in [3.63, 3.8) is 0 Å². The molecule has 10 heteroatoms. The Kier molecular flexibility index (Phi) is 7.62. The first-order valence-corrected chi connectivity index (χ1v) is 12.0. The average molecular weight is 445 g/mol. The highest BCUT2D eigenvalue weighted by Crippen LogP contribution is 2.32. The molecule has 3 N–H and O–H groups in total. The number of unbranched alkanes of at least 4 members (excludes halogenated alkanes) is 1. The molecule has 1 aliphatic heterocycles. The third-order valence-corrected chi connectivity index (χ3v) is 6.44. The number of hydrogen-bond donors (Lipinski definition) is 3. The van der Waals surface area contributed by atoms with E-state index in [2.05, 4.69) is 26.5 Å². The van der Waals surface area contributed by atoms with Crippen molar-refractivity contribution in [2.24, 2.45) is 11.8 Å². The van der Waals surface area contributed by atoms with Gasteiger partial charge < -0.3 is 10.6 Å². The summed E-state index contributed by atoms with van der Waals surface area (Å²) in [5, 5.41) is 17.7. The van der Waals surface area contributed by atoms with Crippen LogP contribution in [0.5, 0.6) is 0 Å². The Morgan fingerprint density at radius 1 is 1.09 bits per heavy atom. The van der Waals surface area contributed by atoms with E-state index in [1.807, 2.05) is 18.3 Å². The molecule has 2 heterocycles. The number of amides is 2. The molecule has 0 saturated heterocycles. The summed E-state index contributed by atoms with van der Waals surface area (Å²) in [5.74, 6) is 1.69. The number of nitrogens with one attached hydrogen (secondary N) is 3. The van der Waals surface area contributed by atoms with Crippen LogP contribution in [-0.2, 0) is 16.1 Å². The van der Waals surface area contributed by atoms with E-state index < -0.39 is 0 Å². The van der Waals surface area contributed by atoms with E-state index in [4.69, 9.17) is 0 Å². The lowest BCUT2D eigenvalue weighted by molar-refractivity contribution is -0.119. The van der Waals surface area contributed by atoms with Gasteiger partial charge in [0, 0.05) is 39.3 Å². The Bertz CT molecular complexity index is 813. The van der Waals surface area contributed by atoms with Crippen molar-refractivity contribution >= 4 is 17.6 Å². The van der Waals surface area contributed by atoms with E-state index in [1.165, 1.54) is 32.1 Å². The van der Waals surface area contributed by atoms with Crippen LogP contribution < -0.4 is 16.2 Å². The Morgan fingerprint density at radius 2 is 1.88 bits per heavy atom. The summed E-state index contributed by atoms with van der Waals surface area (Å²) < 4.78 is 1.76. The van der Waals surface area contributed by atoms with Gasteiger partial charge in [-0.05, 0) is 50.4 Å². The molecule has 0 bridgehead atoms. The van der Waals surface area contributed by atoms with E-state index in [0.717, 1.165) is 45.3 Å². The van der Waals surface area contributed by atoms with Gasteiger partial charge in [-0.2, -0.15) is 0 Å². The fraction of sp³-hybridized carbons (Fsp3) is 0.727. The maximum atomic E-state index is 12.6. The number of carbonyl (C=O) groups excluding carboxylic acids is 2. The van der Waals surface area contributed by atoms with Crippen molar-refractivity contribution in [2.75, 3.05) is 25.5 Å². The molecule has 0 atom stereocenters. The molecule has 1 aromatic heterocycles. The van der Waals surface area contributed by atoms with Crippen LogP contribution in [0.25, 0.3) is 0 Å². The van der Waals surface area contributed by atoms with Gasteiger partial charge in [-0.15, -0.1) is 10.6 Å². The van der Waals surface area contributed by atoms with Crippen LogP contribution in [0.4, 0.5) is 5.82 Å². The van der Waals surface area contributed by atoms with Gasteiger partial charge >= 0.3 is 0 Å². The number of rotatable bonds is 11. The summed E-state index contributed by atoms with van der Waals surface area (Å²) >= 11 is 0. The predicted octanol–water partition coefficient (Wildman–Crippen LogP) is 2.00. The molecular formula is C22H36N8O2. The molecule has 10 nitrogen and oxygen atoms in total. The molecule has 2 fully saturated rings. The fourth-order valence-corrected chi connectivity index (χ4v) is 4.35. The summed E-state index contributed by atoms with van der Waals surface area (Å²) in [7, 11) is 1.86. The first kappa shape index (κ1) is 22.6. The number of carbonyl (C=O) groups is 2. The highest BCUT2D eigenvalue weighted by Gasteiger charge is 2.25. The molecule has 1 aromatic rings. The normalized spacial score (nSPS) is 19.2. The first-order chi connectivity index (χ1) is 15.6. The standard InChI is InChI=1S/C22H36N8O2/c1-28-19(22(32)23-14-18-7-3-2-4-8-18)15-30(27-28)12-6-5-11-29-16-20(25-26-29)24-21(31)13-17-9-10-17/h15-18,27H,2-14H2,1H3,(H,23,32)(H,24,31). The smallest absolute Gasteiger partial charge is 0.270 e. The number of hydrogen-bond acceptors (Lipinski definition) is 7. The topological polar surface area (TPSA) is 107 Å². The van der Waals surface area contributed by atoms with Crippen LogP contribution in [0.3, 0.4) is 0 Å². The Labute approximate surface area is 189 Å². The number of aryl methyl sites for hydroxylation is 1. The van der Waals surface area contributed by atoms with Gasteiger partial charge in [-0.3, -0.25) is 24.3 Å². The van der Waals surface area contributed by atoms with Crippen molar-refractivity contribution < 1.29 is 9.59 Å². The van der Waals surface area contributed by atoms with Gasteiger partial charge in [0.2, 0.25) is 5.91 Å². The SMILES string of the molecule is CN1NN(CCCCn2cc(NC(=O)CC3CC3)nn2)C=C1C(=O)NCC1CCCCC1. The van der Waals surface area contributed by atoms with E-state index in [1.54, 1.807) is 15.9 Å². The number of hydrazine groups is 2. The minimum Gasteiger partial charge on any atom is -0.350 e. The monoisotopic (exact) mass is 444 g/mol. The van der Waals surface area contributed by atoms with Crippen LogP contribution in [0.2, 0.25) is 0 Å². The lowest BCUT2D eigenvalue weighted by Crippen LogP contribution is -2.41. The molecule has 2 aliphatic carbocycles. The number of nitrogens with zero attached hydrogens (tertiary/aromatic N) is 5. The van der Waals surface area contributed by atoms with E-state index >= 15 is 0 Å². The Hall–Kier alpha value is -2.62. The van der Waals surface area contributed by atoms with Crippen molar-refractivity contribution in [1.82, 2.24) is 35.9 Å². The van der Waals surface area contributed by atoms with Crippen molar-refractivity contribution in [1.29, 1.82) is 0 Å². The average Bonchev–Trinajstić information content (AvgIpc) is 3.35. The Balaban J connectivity index is 1.13. The van der Waals surface area contributed by atoms with E-state index in [9.17, 15) is 9.59 Å². The zero-order valence-corrected chi connectivity index (χ0v) is 19.1. The highest BCUT2D eigenvalue weighted by molar-refractivity contribution is 5.92. The van der Waals surface area contributed by atoms with E-state index in [-0.39, 0.29) is 11.8 Å². The second-order valence-electron chi connectivity index (χ2n) is 9.35. The van der Waals surface area contributed by atoms with Crippen LogP contribution >= 0.6 is 0 Å². The quantitative estimate of drug-likeness (QED) is 0.448. The minimum absolute atomic E-state index is 0.0213. The van der Waals surface area contributed by atoms with Crippen molar-refractivity contribution in [3.05, 3.63) is 18.1 Å². The second-order valence-corrected chi connectivity index (χ2v) is 9.35. The molecule has 4 rings (SSSR count). The van der Waals surface area contributed by atoms with Gasteiger partial charge in [-0.1, -0.05) is 24.5 Å². The zero-order valence-electron chi connectivity index (χ0n) is 19.1. The van der Waals surface area contributed by atoms with Crippen LogP contribution in [0, 0.1) is 11.8 Å². The molecule has 3 aliphatic rings. The predicted molar refractivity (Wildman–Crippen MR) is 120 cm³/mol. The van der Waals surface area contributed by atoms with E-state index in [0.29, 0.717) is 29.8 Å². The van der Waals surface area contributed by atoms with Crippen LogP contribution in [0.15, 0.2) is 18.1 Å². The molecule has 2 saturated carbocycles. The van der Waals surface area contributed by atoms with Crippen molar-refractivity contribution in [3.8, 4) is 0 Å². The maximum Gasteiger partial charge on any atom is 0.270 e. The maximum absolute atomic E-state index is 12.6. The molecule has 0 unspecified atom stereocenters. The first-order valence-electron chi connectivity index (χ1n) is 12.0. The van der Waals surface area contributed by atoms with Crippen LogP contribution in [0.1, 0.15) is 64.2 Å². The highest BCUT2D eigenvalue weighted by atomic mass is 16.2. The molecule has 0 spiro atoms. The molecule has 2 amide bonds. The zero-order chi connectivity index (χ0) is 22.3. The summed E-state index contributed by atoms with van der Waals surface area (Å²) in [5.41, 5.74) is 3.84. The molecule has 32 heavy (non-hydrogen) atoms. The van der Waals surface area contributed by atoms with Gasteiger partial charge in [-0.25, -0.2) is 0 Å². The molecular weight excluding hydrogens is 408 g/mol. The minimum atomic E-state index is -0.0213. The van der Waals surface area contributed by atoms with Gasteiger partial charge in [0.15, 0.2) is 5.82 Å². The second kappa shape index (κ2) is 10.8. The molecule has 0 radical (unpaired) electrons. The summed E-state index contributed by atoms with van der Waals surface area (Å²) in [6.07, 6.45) is 14.7.